The van der Waals surface area contributed by atoms with Crippen molar-refractivity contribution in [2.24, 2.45) is 4.99 Å². The summed E-state index contributed by atoms with van der Waals surface area (Å²) in [6, 6.07) is 10.1. The van der Waals surface area contributed by atoms with Gasteiger partial charge in [0.15, 0.2) is 5.96 Å². The third kappa shape index (κ3) is 3.84. The summed E-state index contributed by atoms with van der Waals surface area (Å²) in [5, 5.41) is 10.1. The number of aromatic amines is 1. The van der Waals surface area contributed by atoms with E-state index >= 15 is 0 Å². The van der Waals surface area contributed by atoms with Crippen LogP contribution in [0.3, 0.4) is 0 Å². The summed E-state index contributed by atoms with van der Waals surface area (Å²) in [7, 11) is 3.80. The van der Waals surface area contributed by atoms with Gasteiger partial charge in [-0.05, 0) is 17.7 Å². The van der Waals surface area contributed by atoms with Crippen LogP contribution in [-0.2, 0) is 13.1 Å². The van der Waals surface area contributed by atoms with Gasteiger partial charge in [0, 0.05) is 31.3 Å². The molecule has 0 radical (unpaired) electrons. The fraction of sp³-hybridized carbons (Fsp3) is 0.286. The zero-order valence-electron chi connectivity index (χ0n) is 11.6. The number of hydrogen-bond donors (Lipinski definition) is 2. The second-order valence-electron chi connectivity index (χ2n) is 4.43. The van der Waals surface area contributed by atoms with Crippen molar-refractivity contribution in [2.75, 3.05) is 14.1 Å². The van der Waals surface area contributed by atoms with Crippen molar-refractivity contribution in [3.8, 4) is 0 Å². The van der Waals surface area contributed by atoms with Crippen molar-refractivity contribution < 1.29 is 0 Å². The molecule has 0 aliphatic rings. The second-order valence-corrected chi connectivity index (χ2v) is 5.28. The molecule has 0 fully saturated rings. The van der Waals surface area contributed by atoms with Gasteiger partial charge in [-0.3, -0.25) is 10.1 Å². The van der Waals surface area contributed by atoms with Crippen LogP contribution in [-0.4, -0.2) is 35.2 Å². The van der Waals surface area contributed by atoms with Crippen molar-refractivity contribution in [1.82, 2.24) is 20.4 Å². The van der Waals surface area contributed by atoms with E-state index in [2.05, 4.69) is 47.4 Å². The first-order valence-electron chi connectivity index (χ1n) is 6.34. The Morgan fingerprint density at radius 2 is 2.20 bits per heavy atom. The number of nitrogens with one attached hydrogen (secondary N) is 2. The average molecular weight is 336 g/mol. The van der Waals surface area contributed by atoms with E-state index in [1.54, 1.807) is 13.2 Å². The van der Waals surface area contributed by atoms with E-state index < -0.39 is 0 Å². The van der Waals surface area contributed by atoms with E-state index in [0.717, 1.165) is 22.7 Å². The molecular weight excluding hydrogens is 318 g/mol. The smallest absolute Gasteiger partial charge is 0.194 e. The van der Waals surface area contributed by atoms with Crippen LogP contribution >= 0.6 is 15.9 Å². The number of H-pyrrole nitrogens is 1. The molecule has 0 aliphatic carbocycles. The number of benzene rings is 1. The largest absolute Gasteiger partial charge is 0.351 e. The van der Waals surface area contributed by atoms with E-state index in [1.807, 2.05) is 31.3 Å². The lowest BCUT2D eigenvalue weighted by Crippen LogP contribution is -2.38. The maximum atomic E-state index is 4.30. The maximum absolute atomic E-state index is 4.30. The summed E-state index contributed by atoms with van der Waals surface area (Å²) >= 11 is 3.57. The van der Waals surface area contributed by atoms with Crippen LogP contribution in [0.2, 0.25) is 0 Å². The monoisotopic (exact) mass is 335 g/mol. The standard InChI is InChI=1S/C14H18BrN5/c1-16-14(17-9-12-7-8-18-19-12)20(2)10-11-5-3-4-6-13(11)15/h3-8H,9-10H2,1-2H3,(H,16,17)(H,18,19). The van der Waals surface area contributed by atoms with Gasteiger partial charge in [0.2, 0.25) is 0 Å². The van der Waals surface area contributed by atoms with Crippen LogP contribution < -0.4 is 5.32 Å². The third-order valence-electron chi connectivity index (χ3n) is 2.93. The van der Waals surface area contributed by atoms with Gasteiger partial charge in [-0.1, -0.05) is 34.1 Å². The Hall–Kier alpha value is -1.82. The molecule has 0 saturated heterocycles. The molecule has 1 aromatic carbocycles. The van der Waals surface area contributed by atoms with E-state index in [4.69, 9.17) is 0 Å². The number of nitrogens with zero attached hydrogens (tertiary/aromatic N) is 3. The van der Waals surface area contributed by atoms with Crippen LogP contribution in [0.1, 0.15) is 11.3 Å². The lowest BCUT2D eigenvalue weighted by molar-refractivity contribution is 0.475. The molecule has 2 aromatic rings. The zero-order chi connectivity index (χ0) is 14.4. The summed E-state index contributed by atoms with van der Waals surface area (Å²) in [5.74, 6) is 0.843. The van der Waals surface area contributed by atoms with Gasteiger partial charge in [-0.2, -0.15) is 5.10 Å². The van der Waals surface area contributed by atoms with Crippen LogP contribution in [0, 0.1) is 0 Å². The predicted molar refractivity (Wildman–Crippen MR) is 84.4 cm³/mol. The van der Waals surface area contributed by atoms with Crippen molar-refractivity contribution in [2.45, 2.75) is 13.1 Å². The molecule has 0 amide bonds. The number of aromatic nitrogens is 2. The van der Waals surface area contributed by atoms with E-state index in [9.17, 15) is 0 Å². The summed E-state index contributed by atoms with van der Waals surface area (Å²) in [4.78, 5) is 6.37. The SMILES string of the molecule is CN=C(NCc1ccn[nH]1)N(C)Cc1ccccc1Br. The minimum atomic E-state index is 0.674. The molecule has 1 heterocycles. The first kappa shape index (κ1) is 14.6. The highest BCUT2D eigenvalue weighted by molar-refractivity contribution is 9.10. The molecule has 2 N–H and O–H groups in total. The van der Waals surface area contributed by atoms with E-state index in [0.29, 0.717) is 6.54 Å². The van der Waals surface area contributed by atoms with E-state index in [1.165, 1.54) is 5.56 Å². The Morgan fingerprint density at radius 1 is 1.40 bits per heavy atom. The van der Waals surface area contributed by atoms with Crippen molar-refractivity contribution in [1.29, 1.82) is 0 Å². The summed E-state index contributed by atoms with van der Waals surface area (Å²) < 4.78 is 1.11. The first-order chi connectivity index (χ1) is 9.70. The minimum absolute atomic E-state index is 0.674. The quantitative estimate of drug-likeness (QED) is 0.666. The van der Waals surface area contributed by atoms with Gasteiger partial charge in [0.25, 0.3) is 0 Å². The Kier molecular flexibility index (Phi) is 5.17. The Bertz CT molecular complexity index is 565. The molecule has 5 nitrogen and oxygen atoms in total. The zero-order valence-corrected chi connectivity index (χ0v) is 13.2. The highest BCUT2D eigenvalue weighted by Gasteiger charge is 2.08. The number of aliphatic imine (C=N–C) groups is 1. The molecule has 20 heavy (non-hydrogen) atoms. The van der Waals surface area contributed by atoms with E-state index in [-0.39, 0.29) is 0 Å². The third-order valence-corrected chi connectivity index (χ3v) is 3.71. The minimum Gasteiger partial charge on any atom is -0.351 e. The molecule has 106 valence electrons. The van der Waals surface area contributed by atoms with Crippen LogP contribution in [0.5, 0.6) is 0 Å². The second kappa shape index (κ2) is 7.09. The molecular formula is C14H18BrN5. The lowest BCUT2D eigenvalue weighted by atomic mass is 10.2. The Balaban J connectivity index is 1.95. The van der Waals surface area contributed by atoms with Crippen molar-refractivity contribution >= 4 is 21.9 Å². The molecule has 2 rings (SSSR count). The van der Waals surface area contributed by atoms with Gasteiger partial charge >= 0.3 is 0 Å². The summed E-state index contributed by atoms with van der Waals surface area (Å²) in [6.07, 6.45) is 1.74. The number of hydrogen-bond acceptors (Lipinski definition) is 2. The molecule has 6 heteroatoms. The maximum Gasteiger partial charge on any atom is 0.194 e. The molecule has 0 bridgehead atoms. The molecule has 0 unspecified atom stereocenters. The van der Waals surface area contributed by atoms with Gasteiger partial charge < -0.3 is 10.2 Å². The van der Waals surface area contributed by atoms with Crippen LogP contribution in [0.25, 0.3) is 0 Å². The fourth-order valence-corrected chi connectivity index (χ4v) is 2.31. The van der Waals surface area contributed by atoms with Gasteiger partial charge in [0.1, 0.15) is 0 Å². The molecule has 0 spiro atoms. The van der Waals surface area contributed by atoms with Crippen molar-refractivity contribution in [3.63, 3.8) is 0 Å². The van der Waals surface area contributed by atoms with Gasteiger partial charge in [-0.25, -0.2) is 0 Å². The first-order valence-corrected chi connectivity index (χ1v) is 7.13. The highest BCUT2D eigenvalue weighted by atomic mass is 79.9. The molecule has 0 aliphatic heterocycles. The molecule has 1 aromatic heterocycles. The molecule has 0 atom stereocenters. The Morgan fingerprint density at radius 3 is 2.85 bits per heavy atom. The normalized spacial score (nSPS) is 11.4. The van der Waals surface area contributed by atoms with Crippen molar-refractivity contribution in [3.05, 3.63) is 52.3 Å². The number of guanidine groups is 1. The van der Waals surface area contributed by atoms with Crippen LogP contribution in [0.4, 0.5) is 0 Å². The van der Waals surface area contributed by atoms with Gasteiger partial charge in [0.05, 0.1) is 12.2 Å². The average Bonchev–Trinajstić information content (AvgIpc) is 2.95. The van der Waals surface area contributed by atoms with Crippen LogP contribution in [0.15, 0.2) is 46.0 Å². The number of halogens is 1. The summed E-state index contributed by atoms with van der Waals surface area (Å²) in [6.45, 7) is 1.46. The topological polar surface area (TPSA) is 56.3 Å². The lowest BCUT2D eigenvalue weighted by Gasteiger charge is -2.22. The summed E-state index contributed by atoms with van der Waals surface area (Å²) in [5.41, 5.74) is 2.25. The van der Waals surface area contributed by atoms with Gasteiger partial charge in [-0.15, -0.1) is 0 Å². The number of rotatable bonds is 4. The fourth-order valence-electron chi connectivity index (χ4n) is 1.90. The molecule has 0 saturated carbocycles. The highest BCUT2D eigenvalue weighted by Crippen LogP contribution is 2.17. The Labute approximate surface area is 127 Å². The predicted octanol–water partition coefficient (Wildman–Crippen LogP) is 2.38.